The van der Waals surface area contributed by atoms with Gasteiger partial charge in [0.1, 0.15) is 11.9 Å². The molecule has 2 aromatic carbocycles. The maximum absolute atomic E-state index is 13.2. The van der Waals surface area contributed by atoms with Crippen molar-refractivity contribution in [2.45, 2.75) is 64.6 Å². The molecule has 3 rings (SSSR count). The van der Waals surface area contributed by atoms with E-state index in [0.29, 0.717) is 6.54 Å². The summed E-state index contributed by atoms with van der Waals surface area (Å²) in [7, 11) is 0. The minimum Gasteiger partial charge on any atom is -0.352 e. The van der Waals surface area contributed by atoms with Gasteiger partial charge in [0.2, 0.25) is 11.8 Å². The molecule has 0 aromatic heterocycles. The molecule has 1 aliphatic carbocycles. The lowest BCUT2D eigenvalue weighted by Gasteiger charge is -2.30. The van der Waals surface area contributed by atoms with Crippen LogP contribution >= 0.6 is 0 Å². The third-order valence-corrected chi connectivity index (χ3v) is 5.74. The number of rotatable bonds is 7. The molecule has 0 saturated heterocycles. The number of nitrogens with one attached hydrogen (secondary N) is 1. The molecule has 0 bridgehead atoms. The molecule has 1 atom stereocenters. The van der Waals surface area contributed by atoms with E-state index in [-0.39, 0.29) is 30.1 Å². The Morgan fingerprint density at radius 2 is 1.76 bits per heavy atom. The summed E-state index contributed by atoms with van der Waals surface area (Å²) in [6, 6.07) is 13.4. The molecule has 2 aromatic rings. The Hall–Kier alpha value is -2.69. The van der Waals surface area contributed by atoms with Crippen molar-refractivity contribution in [1.82, 2.24) is 10.2 Å². The zero-order chi connectivity index (χ0) is 20.8. The molecule has 1 aliphatic rings. The van der Waals surface area contributed by atoms with Gasteiger partial charge in [-0.05, 0) is 55.5 Å². The smallest absolute Gasteiger partial charge is 0.242 e. The summed E-state index contributed by atoms with van der Waals surface area (Å²) in [5.41, 5.74) is 2.82. The van der Waals surface area contributed by atoms with Crippen LogP contribution in [0.3, 0.4) is 0 Å². The lowest BCUT2D eigenvalue weighted by molar-refractivity contribution is -0.140. The number of hydrogen-bond donors (Lipinski definition) is 1. The van der Waals surface area contributed by atoms with Crippen LogP contribution in [0.2, 0.25) is 0 Å². The SMILES string of the molecule is Cc1ccccc1CN(C(=O)Cc1ccc(F)cc1)[C@@H](C)C(=O)NC1CCCC1. The molecule has 1 saturated carbocycles. The lowest BCUT2D eigenvalue weighted by atomic mass is 10.1. The summed E-state index contributed by atoms with van der Waals surface area (Å²) in [5.74, 6) is -0.589. The Bertz CT molecular complexity index is 844. The van der Waals surface area contributed by atoms with Crippen LogP contribution in [0.15, 0.2) is 48.5 Å². The van der Waals surface area contributed by atoms with Crippen LogP contribution in [0, 0.1) is 12.7 Å². The van der Waals surface area contributed by atoms with Crippen molar-refractivity contribution in [2.75, 3.05) is 0 Å². The summed E-state index contributed by atoms with van der Waals surface area (Å²) in [6.07, 6.45) is 4.40. The average Bonchev–Trinajstić information content (AvgIpc) is 3.21. The van der Waals surface area contributed by atoms with Gasteiger partial charge >= 0.3 is 0 Å². The van der Waals surface area contributed by atoms with Gasteiger partial charge in [-0.1, -0.05) is 49.2 Å². The maximum Gasteiger partial charge on any atom is 0.242 e. The predicted octanol–water partition coefficient (Wildman–Crippen LogP) is 4.15. The zero-order valence-electron chi connectivity index (χ0n) is 17.2. The highest BCUT2D eigenvalue weighted by Crippen LogP contribution is 2.19. The Morgan fingerprint density at radius 3 is 2.41 bits per heavy atom. The quantitative estimate of drug-likeness (QED) is 0.764. The second kappa shape index (κ2) is 9.68. The van der Waals surface area contributed by atoms with Crippen LogP contribution in [0.1, 0.15) is 49.3 Å². The largest absolute Gasteiger partial charge is 0.352 e. The van der Waals surface area contributed by atoms with Gasteiger partial charge < -0.3 is 10.2 Å². The summed E-state index contributed by atoms with van der Waals surface area (Å²) in [6.45, 7) is 4.15. The van der Waals surface area contributed by atoms with Gasteiger partial charge in [-0.2, -0.15) is 0 Å². The van der Waals surface area contributed by atoms with Crippen LogP contribution in [0.25, 0.3) is 0 Å². The van der Waals surface area contributed by atoms with Gasteiger partial charge in [-0.15, -0.1) is 0 Å². The molecule has 0 unspecified atom stereocenters. The van der Waals surface area contributed by atoms with Gasteiger partial charge in [0, 0.05) is 12.6 Å². The number of aryl methyl sites for hydroxylation is 1. The Kier molecular flexibility index (Phi) is 7.02. The minimum absolute atomic E-state index is 0.113. The van der Waals surface area contributed by atoms with Gasteiger partial charge in [-0.3, -0.25) is 9.59 Å². The summed E-state index contributed by atoms with van der Waals surface area (Å²) in [5, 5.41) is 3.10. The van der Waals surface area contributed by atoms with Crippen molar-refractivity contribution in [1.29, 1.82) is 0 Å². The first-order chi connectivity index (χ1) is 13.9. The molecule has 1 N–H and O–H groups in total. The molecule has 0 spiro atoms. The average molecular weight is 397 g/mol. The third-order valence-electron chi connectivity index (χ3n) is 5.74. The van der Waals surface area contributed by atoms with Crippen molar-refractivity contribution >= 4 is 11.8 Å². The normalized spacial score (nSPS) is 15.1. The molecule has 0 aliphatic heterocycles. The van der Waals surface area contributed by atoms with Crippen LogP contribution in [0.4, 0.5) is 4.39 Å². The standard InChI is InChI=1S/C24H29FN2O2/c1-17-7-3-4-8-20(17)16-27(18(2)24(29)26-22-9-5-6-10-22)23(28)15-19-11-13-21(25)14-12-19/h3-4,7-8,11-14,18,22H,5-6,9-10,15-16H2,1-2H3,(H,26,29)/t18-/m0/s1. The van der Waals surface area contributed by atoms with Crippen molar-refractivity contribution in [3.8, 4) is 0 Å². The second-order valence-electron chi connectivity index (χ2n) is 7.92. The third kappa shape index (κ3) is 5.66. The van der Waals surface area contributed by atoms with Crippen LogP contribution in [0.5, 0.6) is 0 Å². The van der Waals surface area contributed by atoms with Crippen molar-refractivity contribution in [2.24, 2.45) is 0 Å². The molecule has 4 nitrogen and oxygen atoms in total. The molecule has 1 fully saturated rings. The van der Waals surface area contributed by atoms with Gasteiger partial charge in [0.05, 0.1) is 6.42 Å². The molecule has 0 radical (unpaired) electrons. The number of carbonyl (C=O) groups excluding carboxylic acids is 2. The van der Waals surface area contributed by atoms with E-state index in [1.54, 1.807) is 24.0 Å². The molecule has 154 valence electrons. The number of benzene rings is 2. The van der Waals surface area contributed by atoms with Crippen LogP contribution in [-0.2, 0) is 22.6 Å². The summed E-state index contributed by atoms with van der Waals surface area (Å²) < 4.78 is 13.2. The second-order valence-corrected chi connectivity index (χ2v) is 7.92. The van der Waals surface area contributed by atoms with Crippen molar-refractivity contribution in [3.63, 3.8) is 0 Å². The Morgan fingerprint density at radius 1 is 1.10 bits per heavy atom. The molecular weight excluding hydrogens is 367 g/mol. The Labute approximate surface area is 172 Å². The zero-order valence-corrected chi connectivity index (χ0v) is 17.2. The van der Waals surface area contributed by atoms with Crippen LogP contribution < -0.4 is 5.32 Å². The predicted molar refractivity (Wildman–Crippen MR) is 112 cm³/mol. The molecule has 29 heavy (non-hydrogen) atoms. The Balaban J connectivity index is 1.77. The van der Waals surface area contributed by atoms with E-state index in [1.165, 1.54) is 12.1 Å². The van der Waals surface area contributed by atoms with E-state index < -0.39 is 6.04 Å². The van der Waals surface area contributed by atoms with E-state index in [0.717, 1.165) is 42.4 Å². The molecule has 5 heteroatoms. The molecular formula is C24H29FN2O2. The first-order valence-corrected chi connectivity index (χ1v) is 10.3. The lowest BCUT2D eigenvalue weighted by Crippen LogP contribution is -2.50. The molecule has 2 amide bonds. The summed E-state index contributed by atoms with van der Waals surface area (Å²) >= 11 is 0. The molecule has 0 heterocycles. The topological polar surface area (TPSA) is 49.4 Å². The number of carbonyl (C=O) groups is 2. The fraction of sp³-hybridized carbons (Fsp3) is 0.417. The van der Waals surface area contributed by atoms with E-state index in [1.807, 2.05) is 31.2 Å². The van der Waals surface area contributed by atoms with Gasteiger partial charge in [0.25, 0.3) is 0 Å². The monoisotopic (exact) mass is 396 g/mol. The summed E-state index contributed by atoms with van der Waals surface area (Å²) in [4.78, 5) is 27.6. The van der Waals surface area contributed by atoms with Crippen molar-refractivity contribution < 1.29 is 14.0 Å². The number of halogens is 1. The number of amides is 2. The fourth-order valence-corrected chi connectivity index (χ4v) is 3.82. The van der Waals surface area contributed by atoms with Gasteiger partial charge in [-0.25, -0.2) is 4.39 Å². The van der Waals surface area contributed by atoms with Crippen molar-refractivity contribution in [3.05, 3.63) is 71.0 Å². The first kappa shape index (κ1) is 21.0. The number of hydrogen-bond acceptors (Lipinski definition) is 2. The number of nitrogens with zero attached hydrogens (tertiary/aromatic N) is 1. The fourth-order valence-electron chi connectivity index (χ4n) is 3.82. The first-order valence-electron chi connectivity index (χ1n) is 10.3. The highest BCUT2D eigenvalue weighted by atomic mass is 19.1. The van der Waals surface area contributed by atoms with E-state index in [4.69, 9.17) is 0 Å². The van der Waals surface area contributed by atoms with E-state index in [2.05, 4.69) is 5.32 Å². The maximum atomic E-state index is 13.2. The highest BCUT2D eigenvalue weighted by Gasteiger charge is 2.28. The van der Waals surface area contributed by atoms with E-state index >= 15 is 0 Å². The van der Waals surface area contributed by atoms with Gasteiger partial charge in [0.15, 0.2) is 0 Å². The highest BCUT2D eigenvalue weighted by molar-refractivity contribution is 5.88. The van der Waals surface area contributed by atoms with Crippen LogP contribution in [-0.4, -0.2) is 28.8 Å². The van der Waals surface area contributed by atoms with E-state index in [9.17, 15) is 14.0 Å². The minimum atomic E-state index is -0.580.